The molecule has 0 radical (unpaired) electrons. The smallest absolute Gasteiger partial charge is 0.126 e. The molecule has 1 N–H and O–H groups in total. The normalized spacial score (nSPS) is 13.8. The van der Waals surface area contributed by atoms with Crippen LogP contribution in [0.2, 0.25) is 0 Å². The SMILES string of the molecule is CNCC(Cc1cc(F)cc(F)c1)C(C)(C)C. The van der Waals surface area contributed by atoms with E-state index in [1.165, 1.54) is 12.1 Å². The molecular formula is C14H21F2N. The summed E-state index contributed by atoms with van der Waals surface area (Å²) in [5.41, 5.74) is 0.823. The van der Waals surface area contributed by atoms with E-state index in [2.05, 4.69) is 26.1 Å². The first-order chi connectivity index (χ1) is 7.82. The highest BCUT2D eigenvalue weighted by Crippen LogP contribution is 2.28. The van der Waals surface area contributed by atoms with Crippen LogP contribution < -0.4 is 5.32 Å². The second-order valence-corrected chi connectivity index (χ2v) is 5.60. The lowest BCUT2D eigenvalue weighted by Crippen LogP contribution is -2.31. The molecule has 1 atom stereocenters. The molecular weight excluding hydrogens is 220 g/mol. The summed E-state index contributed by atoms with van der Waals surface area (Å²) in [6.07, 6.45) is 0.680. The topological polar surface area (TPSA) is 12.0 Å². The van der Waals surface area contributed by atoms with E-state index in [-0.39, 0.29) is 5.41 Å². The third-order valence-corrected chi connectivity index (χ3v) is 3.08. The van der Waals surface area contributed by atoms with Crippen LogP contribution in [0.25, 0.3) is 0 Å². The van der Waals surface area contributed by atoms with Gasteiger partial charge in [0.05, 0.1) is 0 Å². The maximum absolute atomic E-state index is 13.1. The zero-order valence-electron chi connectivity index (χ0n) is 11.0. The first-order valence-corrected chi connectivity index (χ1v) is 5.92. The van der Waals surface area contributed by atoms with E-state index in [0.29, 0.717) is 12.3 Å². The van der Waals surface area contributed by atoms with Crippen molar-refractivity contribution in [2.45, 2.75) is 27.2 Å². The Morgan fingerprint density at radius 2 is 1.65 bits per heavy atom. The molecule has 17 heavy (non-hydrogen) atoms. The predicted octanol–water partition coefficient (Wildman–Crippen LogP) is 3.39. The Labute approximate surface area is 102 Å². The maximum atomic E-state index is 13.1. The quantitative estimate of drug-likeness (QED) is 0.852. The van der Waals surface area contributed by atoms with Crippen molar-refractivity contribution in [2.24, 2.45) is 11.3 Å². The van der Waals surface area contributed by atoms with E-state index >= 15 is 0 Å². The van der Waals surface area contributed by atoms with Crippen molar-refractivity contribution >= 4 is 0 Å². The zero-order valence-corrected chi connectivity index (χ0v) is 11.0. The molecule has 0 fully saturated rings. The highest BCUT2D eigenvalue weighted by Gasteiger charge is 2.24. The molecule has 1 unspecified atom stereocenters. The number of halogens is 2. The Bertz CT molecular complexity index is 349. The Kier molecular flexibility index (Phi) is 4.63. The zero-order chi connectivity index (χ0) is 13.1. The molecule has 0 bridgehead atoms. The second-order valence-electron chi connectivity index (χ2n) is 5.60. The molecule has 0 aromatic heterocycles. The Hall–Kier alpha value is -0.960. The van der Waals surface area contributed by atoms with Crippen LogP contribution in [-0.4, -0.2) is 13.6 Å². The molecule has 0 spiro atoms. The molecule has 0 amide bonds. The second kappa shape index (κ2) is 5.58. The van der Waals surface area contributed by atoms with Crippen LogP contribution in [0.5, 0.6) is 0 Å². The fourth-order valence-electron chi connectivity index (χ4n) is 1.94. The van der Waals surface area contributed by atoms with E-state index in [1.54, 1.807) is 0 Å². The molecule has 1 aromatic rings. The molecule has 96 valence electrons. The van der Waals surface area contributed by atoms with Crippen LogP contribution in [0.1, 0.15) is 26.3 Å². The Morgan fingerprint density at radius 1 is 1.12 bits per heavy atom. The van der Waals surface area contributed by atoms with Crippen molar-refractivity contribution in [1.29, 1.82) is 0 Å². The largest absolute Gasteiger partial charge is 0.319 e. The lowest BCUT2D eigenvalue weighted by atomic mass is 9.77. The average Bonchev–Trinajstić information content (AvgIpc) is 2.13. The third kappa shape index (κ3) is 4.43. The van der Waals surface area contributed by atoms with Gasteiger partial charge in [0.1, 0.15) is 11.6 Å². The molecule has 3 heteroatoms. The van der Waals surface area contributed by atoms with E-state index < -0.39 is 11.6 Å². The molecule has 1 nitrogen and oxygen atoms in total. The van der Waals surface area contributed by atoms with Crippen LogP contribution in [0.4, 0.5) is 8.78 Å². The molecule has 0 aliphatic heterocycles. The van der Waals surface area contributed by atoms with E-state index in [9.17, 15) is 8.78 Å². The first-order valence-electron chi connectivity index (χ1n) is 5.92. The summed E-state index contributed by atoms with van der Waals surface area (Å²) in [6.45, 7) is 7.27. The summed E-state index contributed by atoms with van der Waals surface area (Å²) < 4.78 is 26.2. The van der Waals surface area contributed by atoms with Crippen LogP contribution >= 0.6 is 0 Å². The summed E-state index contributed by atoms with van der Waals surface area (Å²) in [7, 11) is 1.89. The number of hydrogen-bond donors (Lipinski definition) is 1. The van der Waals surface area contributed by atoms with Gasteiger partial charge in [-0.15, -0.1) is 0 Å². The Balaban J connectivity index is 2.86. The highest BCUT2D eigenvalue weighted by molar-refractivity contribution is 5.18. The minimum Gasteiger partial charge on any atom is -0.319 e. The fourth-order valence-corrected chi connectivity index (χ4v) is 1.94. The lowest BCUT2D eigenvalue weighted by molar-refractivity contribution is 0.234. The van der Waals surface area contributed by atoms with Crippen molar-refractivity contribution in [1.82, 2.24) is 5.32 Å². The number of benzene rings is 1. The van der Waals surface area contributed by atoms with Gasteiger partial charge in [0.15, 0.2) is 0 Å². The van der Waals surface area contributed by atoms with Crippen LogP contribution in [0.15, 0.2) is 18.2 Å². The fraction of sp³-hybridized carbons (Fsp3) is 0.571. The van der Waals surface area contributed by atoms with Gasteiger partial charge in [-0.1, -0.05) is 20.8 Å². The average molecular weight is 241 g/mol. The molecule has 0 heterocycles. The number of rotatable bonds is 4. The summed E-state index contributed by atoms with van der Waals surface area (Å²) >= 11 is 0. The number of hydrogen-bond acceptors (Lipinski definition) is 1. The van der Waals surface area contributed by atoms with E-state index in [0.717, 1.165) is 18.2 Å². The van der Waals surface area contributed by atoms with Gasteiger partial charge < -0.3 is 5.32 Å². The minimum atomic E-state index is -0.503. The maximum Gasteiger partial charge on any atom is 0.126 e. The van der Waals surface area contributed by atoms with Gasteiger partial charge in [0, 0.05) is 6.07 Å². The van der Waals surface area contributed by atoms with Gasteiger partial charge >= 0.3 is 0 Å². The number of nitrogens with one attached hydrogen (secondary N) is 1. The minimum absolute atomic E-state index is 0.103. The molecule has 1 aromatic carbocycles. The van der Waals surface area contributed by atoms with Gasteiger partial charge in [-0.2, -0.15) is 0 Å². The van der Waals surface area contributed by atoms with Gasteiger partial charge in [0.2, 0.25) is 0 Å². The van der Waals surface area contributed by atoms with Crippen molar-refractivity contribution in [3.8, 4) is 0 Å². The standard InChI is InChI=1S/C14H21F2N/c1-14(2,3)11(9-17-4)5-10-6-12(15)8-13(16)7-10/h6-8,11,17H,5,9H2,1-4H3. The van der Waals surface area contributed by atoms with Crippen LogP contribution in [0, 0.1) is 23.0 Å². The molecule has 1 rings (SSSR count). The van der Waals surface area contributed by atoms with E-state index in [4.69, 9.17) is 0 Å². The summed E-state index contributed by atoms with van der Waals surface area (Å²) in [5.74, 6) is -0.664. The monoisotopic (exact) mass is 241 g/mol. The van der Waals surface area contributed by atoms with Crippen LogP contribution in [0.3, 0.4) is 0 Å². The summed E-state index contributed by atoms with van der Waals surface area (Å²) in [6, 6.07) is 3.74. The van der Waals surface area contributed by atoms with Crippen LogP contribution in [-0.2, 0) is 6.42 Å². The van der Waals surface area contributed by atoms with Crippen molar-refractivity contribution in [3.63, 3.8) is 0 Å². The van der Waals surface area contributed by atoms with E-state index in [1.807, 2.05) is 7.05 Å². The predicted molar refractivity (Wildman–Crippen MR) is 66.9 cm³/mol. The summed E-state index contributed by atoms with van der Waals surface area (Å²) in [4.78, 5) is 0. The van der Waals surface area contributed by atoms with Gasteiger partial charge in [-0.05, 0) is 49.0 Å². The molecule has 0 aliphatic rings. The highest BCUT2D eigenvalue weighted by atomic mass is 19.1. The van der Waals surface area contributed by atoms with Crippen molar-refractivity contribution in [2.75, 3.05) is 13.6 Å². The summed E-state index contributed by atoms with van der Waals surface area (Å²) in [5, 5.41) is 3.14. The Morgan fingerprint density at radius 3 is 2.06 bits per heavy atom. The molecule has 0 aliphatic carbocycles. The van der Waals surface area contributed by atoms with Gasteiger partial charge in [0.25, 0.3) is 0 Å². The van der Waals surface area contributed by atoms with Crippen molar-refractivity contribution < 1.29 is 8.78 Å². The van der Waals surface area contributed by atoms with Gasteiger partial charge in [-0.25, -0.2) is 8.78 Å². The van der Waals surface area contributed by atoms with Crippen molar-refractivity contribution in [3.05, 3.63) is 35.4 Å². The first kappa shape index (κ1) is 14.1. The molecule has 0 saturated carbocycles. The van der Waals surface area contributed by atoms with Gasteiger partial charge in [-0.3, -0.25) is 0 Å². The lowest BCUT2D eigenvalue weighted by Gasteiger charge is -2.30. The third-order valence-electron chi connectivity index (χ3n) is 3.08. The molecule has 0 saturated heterocycles.